The minimum Gasteiger partial charge on any atom is -0.459 e. The molecule has 0 saturated heterocycles. The molecule has 24 heavy (non-hydrogen) atoms. The van der Waals surface area contributed by atoms with E-state index in [-0.39, 0.29) is 5.91 Å². The van der Waals surface area contributed by atoms with Gasteiger partial charge in [-0.3, -0.25) is 9.79 Å². The zero-order valence-electron chi connectivity index (χ0n) is 13.3. The lowest BCUT2D eigenvalue weighted by molar-refractivity contribution is 0.0932. The van der Waals surface area contributed by atoms with Crippen molar-refractivity contribution in [2.45, 2.75) is 13.5 Å². The molecule has 0 bridgehead atoms. The predicted octanol–water partition coefficient (Wildman–Crippen LogP) is 3.11. The van der Waals surface area contributed by atoms with Gasteiger partial charge in [-0.1, -0.05) is 18.2 Å². The number of aliphatic imine (C=N–C) groups is 1. The van der Waals surface area contributed by atoms with Crippen molar-refractivity contribution in [2.24, 2.45) is 4.99 Å². The van der Waals surface area contributed by atoms with Crippen molar-refractivity contribution in [3.63, 3.8) is 0 Å². The van der Waals surface area contributed by atoms with Crippen LogP contribution in [0.25, 0.3) is 5.69 Å². The topological polar surface area (TPSA) is 59.5 Å². The van der Waals surface area contributed by atoms with E-state index in [4.69, 9.17) is 9.41 Å². The number of benzene rings is 1. The monoisotopic (exact) mass is 319 g/mol. The van der Waals surface area contributed by atoms with Crippen molar-refractivity contribution >= 4 is 11.6 Å². The van der Waals surface area contributed by atoms with E-state index in [0.717, 1.165) is 22.8 Å². The Kier molecular flexibility index (Phi) is 3.54. The number of para-hydroxylation sites is 1. The highest BCUT2D eigenvalue weighted by Gasteiger charge is 2.19. The SMILES string of the molecule is Cc1ccc2n1-c1ccccc1CN=C2CNC(=O)c1ccco1. The van der Waals surface area contributed by atoms with E-state index in [1.807, 2.05) is 12.1 Å². The second-order valence-corrected chi connectivity index (χ2v) is 5.75. The van der Waals surface area contributed by atoms with Gasteiger partial charge in [-0.25, -0.2) is 0 Å². The molecule has 1 aromatic carbocycles. The molecule has 0 radical (unpaired) electrons. The molecule has 0 spiro atoms. The molecule has 5 heteroatoms. The molecule has 1 aliphatic rings. The van der Waals surface area contributed by atoms with Gasteiger partial charge in [0.25, 0.3) is 5.91 Å². The van der Waals surface area contributed by atoms with Crippen LogP contribution in [0.4, 0.5) is 0 Å². The number of nitrogens with zero attached hydrogens (tertiary/aromatic N) is 2. The number of aryl methyl sites for hydroxylation is 1. The predicted molar refractivity (Wildman–Crippen MR) is 91.8 cm³/mol. The number of rotatable bonds is 3. The van der Waals surface area contributed by atoms with Crippen LogP contribution in [-0.2, 0) is 6.54 Å². The standard InChI is InChI=1S/C19H17N3O2/c1-13-8-9-17-15(12-21-19(23)18-7-4-10-24-18)20-11-14-5-2-3-6-16(14)22(13)17/h2-10H,11-12H2,1H3,(H,21,23). The van der Waals surface area contributed by atoms with Gasteiger partial charge in [0, 0.05) is 5.69 Å². The summed E-state index contributed by atoms with van der Waals surface area (Å²) >= 11 is 0. The number of amides is 1. The van der Waals surface area contributed by atoms with Crippen molar-refractivity contribution in [1.29, 1.82) is 0 Å². The second kappa shape index (κ2) is 5.85. The molecule has 0 unspecified atom stereocenters. The number of carbonyl (C=O) groups excluding carboxylic acids is 1. The minimum absolute atomic E-state index is 0.237. The maximum absolute atomic E-state index is 12.1. The normalized spacial score (nSPS) is 12.8. The first kappa shape index (κ1) is 14.5. The number of furan rings is 1. The van der Waals surface area contributed by atoms with Crippen molar-refractivity contribution in [3.05, 3.63) is 77.5 Å². The second-order valence-electron chi connectivity index (χ2n) is 5.75. The molecule has 1 aliphatic heterocycles. The fourth-order valence-electron chi connectivity index (χ4n) is 3.01. The molecule has 0 fully saturated rings. The number of aromatic nitrogens is 1. The van der Waals surface area contributed by atoms with Gasteiger partial charge >= 0.3 is 0 Å². The number of carbonyl (C=O) groups is 1. The van der Waals surface area contributed by atoms with Gasteiger partial charge in [0.2, 0.25) is 0 Å². The number of nitrogens with one attached hydrogen (secondary N) is 1. The fourth-order valence-corrected chi connectivity index (χ4v) is 3.01. The van der Waals surface area contributed by atoms with Crippen LogP contribution in [-0.4, -0.2) is 22.7 Å². The van der Waals surface area contributed by atoms with Crippen LogP contribution in [0.3, 0.4) is 0 Å². The molecule has 1 amide bonds. The first-order chi connectivity index (χ1) is 11.7. The molecular formula is C19H17N3O2. The summed E-state index contributed by atoms with van der Waals surface area (Å²) in [5, 5.41) is 2.88. The summed E-state index contributed by atoms with van der Waals surface area (Å²) in [7, 11) is 0. The van der Waals surface area contributed by atoms with Crippen LogP contribution in [0.2, 0.25) is 0 Å². The lowest BCUT2D eigenvalue weighted by atomic mass is 10.1. The first-order valence-electron chi connectivity index (χ1n) is 7.86. The molecule has 2 aromatic heterocycles. The van der Waals surface area contributed by atoms with E-state index in [9.17, 15) is 4.79 Å². The summed E-state index contributed by atoms with van der Waals surface area (Å²) in [4.78, 5) is 16.8. The maximum atomic E-state index is 12.1. The van der Waals surface area contributed by atoms with Gasteiger partial charge in [0.15, 0.2) is 5.76 Å². The third-order valence-corrected chi connectivity index (χ3v) is 4.21. The van der Waals surface area contributed by atoms with Crippen molar-refractivity contribution in [3.8, 4) is 5.69 Å². The largest absolute Gasteiger partial charge is 0.459 e. The molecule has 4 rings (SSSR count). The van der Waals surface area contributed by atoms with Gasteiger partial charge in [0.05, 0.1) is 36.4 Å². The third kappa shape index (κ3) is 2.44. The van der Waals surface area contributed by atoms with Crippen LogP contribution in [0.15, 0.2) is 64.2 Å². The Hall–Kier alpha value is -3.08. The lowest BCUT2D eigenvalue weighted by Gasteiger charge is -2.13. The molecule has 1 N–H and O–H groups in total. The number of hydrogen-bond donors (Lipinski definition) is 1. The van der Waals surface area contributed by atoms with Crippen LogP contribution in [0.1, 0.15) is 27.5 Å². The van der Waals surface area contributed by atoms with E-state index >= 15 is 0 Å². The molecule has 120 valence electrons. The Bertz CT molecular complexity index is 920. The van der Waals surface area contributed by atoms with Gasteiger partial charge in [-0.2, -0.15) is 0 Å². The summed E-state index contributed by atoms with van der Waals surface area (Å²) in [5.74, 6) is 0.0679. The summed E-state index contributed by atoms with van der Waals surface area (Å²) < 4.78 is 7.32. The summed E-state index contributed by atoms with van der Waals surface area (Å²) in [6, 6.07) is 15.7. The van der Waals surface area contributed by atoms with Crippen LogP contribution in [0, 0.1) is 6.92 Å². The highest BCUT2D eigenvalue weighted by atomic mass is 16.3. The number of fused-ring (bicyclic) bond motifs is 3. The van der Waals surface area contributed by atoms with Crippen LogP contribution < -0.4 is 5.32 Å². The van der Waals surface area contributed by atoms with E-state index in [2.05, 4.69) is 41.1 Å². The Balaban J connectivity index is 1.65. The summed E-state index contributed by atoms with van der Waals surface area (Å²) in [6.07, 6.45) is 1.49. The minimum atomic E-state index is -0.237. The zero-order chi connectivity index (χ0) is 16.5. The van der Waals surface area contributed by atoms with E-state index in [0.29, 0.717) is 18.8 Å². The average Bonchev–Trinajstić information content (AvgIpc) is 3.22. The maximum Gasteiger partial charge on any atom is 0.287 e. The Morgan fingerprint density at radius 1 is 1.21 bits per heavy atom. The van der Waals surface area contributed by atoms with E-state index in [1.165, 1.54) is 11.8 Å². The van der Waals surface area contributed by atoms with Crippen molar-refractivity contribution < 1.29 is 9.21 Å². The average molecular weight is 319 g/mol. The lowest BCUT2D eigenvalue weighted by Crippen LogP contribution is -2.30. The fraction of sp³-hybridized carbons (Fsp3) is 0.158. The van der Waals surface area contributed by atoms with Gasteiger partial charge in [-0.05, 0) is 42.8 Å². The van der Waals surface area contributed by atoms with Gasteiger partial charge in [-0.15, -0.1) is 0 Å². The van der Waals surface area contributed by atoms with E-state index in [1.54, 1.807) is 12.1 Å². The zero-order valence-corrected chi connectivity index (χ0v) is 13.3. The summed E-state index contributed by atoms with van der Waals surface area (Å²) in [6.45, 7) is 3.03. The Morgan fingerprint density at radius 2 is 2.08 bits per heavy atom. The van der Waals surface area contributed by atoms with Crippen LogP contribution in [0.5, 0.6) is 0 Å². The molecule has 5 nitrogen and oxygen atoms in total. The molecule has 0 aliphatic carbocycles. The third-order valence-electron chi connectivity index (χ3n) is 4.21. The van der Waals surface area contributed by atoms with Crippen LogP contribution >= 0.6 is 0 Å². The smallest absolute Gasteiger partial charge is 0.287 e. The molecule has 0 atom stereocenters. The Morgan fingerprint density at radius 3 is 2.92 bits per heavy atom. The van der Waals surface area contributed by atoms with E-state index < -0.39 is 0 Å². The quantitative estimate of drug-likeness (QED) is 0.806. The first-order valence-corrected chi connectivity index (χ1v) is 7.86. The van der Waals surface area contributed by atoms with Crippen molar-refractivity contribution in [2.75, 3.05) is 6.54 Å². The molecule has 3 aromatic rings. The summed E-state index contributed by atoms with van der Waals surface area (Å²) in [5.41, 5.74) is 5.33. The highest BCUT2D eigenvalue weighted by molar-refractivity contribution is 6.04. The number of hydrogen-bond acceptors (Lipinski definition) is 3. The van der Waals surface area contributed by atoms with Gasteiger partial charge in [0.1, 0.15) is 0 Å². The highest BCUT2D eigenvalue weighted by Crippen LogP contribution is 2.24. The molecular weight excluding hydrogens is 302 g/mol. The van der Waals surface area contributed by atoms with Crippen molar-refractivity contribution in [1.82, 2.24) is 9.88 Å². The molecule has 0 saturated carbocycles. The molecule has 3 heterocycles. The Labute approximate surface area is 139 Å². The van der Waals surface area contributed by atoms with Gasteiger partial charge < -0.3 is 14.3 Å².